The Morgan fingerprint density at radius 3 is 2.30 bits per heavy atom. The molecule has 1 heterocycles. The molecule has 9 heteroatoms. The second kappa shape index (κ2) is 17.4. The van der Waals surface area contributed by atoms with Crippen LogP contribution in [0.1, 0.15) is 69.3 Å². The van der Waals surface area contributed by atoms with E-state index in [9.17, 15) is 14.4 Å². The van der Waals surface area contributed by atoms with E-state index in [0.717, 1.165) is 36.8 Å². The van der Waals surface area contributed by atoms with Crippen molar-refractivity contribution in [3.8, 4) is 11.6 Å². The molecule has 0 saturated heterocycles. The van der Waals surface area contributed by atoms with E-state index in [-0.39, 0.29) is 37.0 Å². The van der Waals surface area contributed by atoms with Crippen LogP contribution in [0.25, 0.3) is 0 Å². The van der Waals surface area contributed by atoms with Gasteiger partial charge in [-0.3, -0.25) is 10.1 Å². The molecule has 214 valence electrons. The van der Waals surface area contributed by atoms with Crippen LogP contribution in [0.4, 0.5) is 4.79 Å². The molecule has 9 nitrogen and oxygen atoms in total. The van der Waals surface area contributed by atoms with Crippen LogP contribution < -0.4 is 20.5 Å². The number of allylic oxidation sites excluding steroid dienone is 5. The lowest BCUT2D eigenvalue weighted by atomic mass is 10.1. The quantitative estimate of drug-likeness (QED) is 0.223. The number of nitrogens with one attached hydrogen (secondary N) is 1. The van der Waals surface area contributed by atoms with E-state index in [4.69, 9.17) is 19.9 Å². The van der Waals surface area contributed by atoms with Gasteiger partial charge in [-0.05, 0) is 65.0 Å². The second-order valence-electron chi connectivity index (χ2n) is 9.50. The highest BCUT2D eigenvalue weighted by Gasteiger charge is 2.18. The molecule has 1 aromatic carbocycles. The van der Waals surface area contributed by atoms with E-state index in [2.05, 4.69) is 37.9 Å². The second-order valence-corrected chi connectivity index (χ2v) is 9.50. The van der Waals surface area contributed by atoms with Crippen molar-refractivity contribution in [3.63, 3.8) is 0 Å². The predicted molar refractivity (Wildman–Crippen MR) is 154 cm³/mol. The first-order valence-corrected chi connectivity index (χ1v) is 13.2. The molecule has 0 atom stereocenters. The third-order valence-electron chi connectivity index (χ3n) is 5.68. The number of imide groups is 1. The summed E-state index contributed by atoms with van der Waals surface area (Å²) < 4.78 is 16.3. The van der Waals surface area contributed by atoms with E-state index >= 15 is 0 Å². The average Bonchev–Trinajstić information content (AvgIpc) is 2.92. The number of ether oxygens (including phenoxy) is 3. The summed E-state index contributed by atoms with van der Waals surface area (Å²) in [6.45, 7) is 8.22. The molecule has 0 bridgehead atoms. The Hall–Kier alpha value is -4.24. The van der Waals surface area contributed by atoms with Gasteiger partial charge in [0.15, 0.2) is 5.75 Å². The standard InChI is InChI=1S/C31H39N3O6/c1-22(2)10-8-11-23(3)12-9-13-24(4)16-17-38-30(36)26-18-27(39-21-25-14-6-5-7-15-25)29(33-20-26)40-31(37)34-28(35)19-32/h5-7,10,12,14-16,18,20H,8-9,11,13,17,19,21,32H2,1-4H3,(H,34,35,37). The minimum absolute atomic E-state index is 0.0344. The number of nitrogens with zero attached hydrogens (tertiary/aromatic N) is 1. The number of carbonyl (C=O) groups excluding carboxylic acids is 3. The zero-order valence-corrected chi connectivity index (χ0v) is 23.7. The summed E-state index contributed by atoms with van der Waals surface area (Å²) >= 11 is 0. The molecule has 2 rings (SSSR count). The number of carbonyl (C=O) groups is 3. The highest BCUT2D eigenvalue weighted by molar-refractivity contribution is 5.93. The summed E-state index contributed by atoms with van der Waals surface area (Å²) in [6.07, 6.45) is 10.4. The lowest BCUT2D eigenvalue weighted by Gasteiger charge is -2.12. The van der Waals surface area contributed by atoms with E-state index in [1.165, 1.54) is 23.4 Å². The van der Waals surface area contributed by atoms with Gasteiger partial charge < -0.3 is 19.9 Å². The highest BCUT2D eigenvalue weighted by Crippen LogP contribution is 2.27. The van der Waals surface area contributed by atoms with Crippen LogP contribution in [0, 0.1) is 0 Å². The Morgan fingerprint density at radius 2 is 1.62 bits per heavy atom. The number of hydrogen-bond acceptors (Lipinski definition) is 8. The largest absolute Gasteiger partial charge is 0.483 e. The van der Waals surface area contributed by atoms with E-state index < -0.39 is 18.0 Å². The number of benzene rings is 1. The summed E-state index contributed by atoms with van der Waals surface area (Å²) in [7, 11) is 0. The Labute approximate surface area is 236 Å². The van der Waals surface area contributed by atoms with Gasteiger partial charge in [0.2, 0.25) is 5.91 Å². The molecule has 2 amide bonds. The van der Waals surface area contributed by atoms with Gasteiger partial charge in [-0.15, -0.1) is 0 Å². The van der Waals surface area contributed by atoms with Gasteiger partial charge in [0, 0.05) is 12.3 Å². The summed E-state index contributed by atoms with van der Waals surface area (Å²) in [5.74, 6) is -1.50. The van der Waals surface area contributed by atoms with Gasteiger partial charge in [0.05, 0.1) is 12.1 Å². The Kier molecular flexibility index (Phi) is 13.9. The lowest BCUT2D eigenvalue weighted by molar-refractivity contribution is -0.118. The molecule has 3 N–H and O–H groups in total. The number of pyridine rings is 1. The van der Waals surface area contributed by atoms with Gasteiger partial charge in [-0.2, -0.15) is 0 Å². The molecule has 1 aromatic heterocycles. The minimum Gasteiger partial charge on any atom is -0.483 e. The molecule has 0 fully saturated rings. The Bertz CT molecular complexity index is 1230. The van der Waals surface area contributed by atoms with Crippen molar-refractivity contribution in [2.75, 3.05) is 13.2 Å². The summed E-state index contributed by atoms with van der Waals surface area (Å²) in [6, 6.07) is 10.7. The molecular weight excluding hydrogens is 510 g/mol. The number of esters is 1. The molecule has 0 spiro atoms. The molecule has 0 unspecified atom stereocenters. The first-order valence-electron chi connectivity index (χ1n) is 13.2. The number of hydrogen-bond donors (Lipinski definition) is 2. The van der Waals surface area contributed by atoms with Crippen LogP contribution in [0.15, 0.2) is 77.5 Å². The first kappa shape index (κ1) is 32.0. The predicted octanol–water partition coefficient (Wildman–Crippen LogP) is 5.81. The van der Waals surface area contributed by atoms with Gasteiger partial charge in [-0.25, -0.2) is 14.6 Å². The fourth-order valence-electron chi connectivity index (χ4n) is 3.42. The van der Waals surface area contributed by atoms with Gasteiger partial charge >= 0.3 is 12.1 Å². The average molecular weight is 550 g/mol. The molecule has 0 aliphatic rings. The first-order chi connectivity index (χ1) is 19.2. The maximum atomic E-state index is 12.7. The third-order valence-corrected chi connectivity index (χ3v) is 5.68. The maximum absolute atomic E-state index is 12.7. The van der Waals surface area contributed by atoms with Gasteiger partial charge in [0.25, 0.3) is 5.88 Å². The van der Waals surface area contributed by atoms with Crippen molar-refractivity contribution in [3.05, 3.63) is 88.7 Å². The van der Waals surface area contributed by atoms with Crippen molar-refractivity contribution in [1.29, 1.82) is 0 Å². The molecule has 2 aromatic rings. The SMILES string of the molecule is CC(C)=CCCC(C)=CCCC(C)=CCOC(=O)c1cnc(OC(=O)NC(=O)CN)c(OCc2ccccc2)c1. The fourth-order valence-corrected chi connectivity index (χ4v) is 3.42. The maximum Gasteiger partial charge on any atom is 0.420 e. The van der Waals surface area contributed by atoms with Crippen LogP contribution >= 0.6 is 0 Å². The van der Waals surface area contributed by atoms with Gasteiger partial charge in [-0.1, -0.05) is 59.2 Å². The highest BCUT2D eigenvalue weighted by atomic mass is 16.6. The van der Waals surface area contributed by atoms with Crippen molar-refractivity contribution >= 4 is 18.0 Å². The third kappa shape index (κ3) is 12.5. The summed E-state index contributed by atoms with van der Waals surface area (Å²) in [5.41, 5.74) is 10.00. The minimum atomic E-state index is -1.07. The zero-order valence-electron chi connectivity index (χ0n) is 23.7. The van der Waals surface area contributed by atoms with Gasteiger partial charge in [0.1, 0.15) is 13.2 Å². The Morgan fingerprint density at radius 1 is 0.950 bits per heavy atom. The van der Waals surface area contributed by atoms with Crippen LogP contribution in [0.3, 0.4) is 0 Å². The number of aromatic nitrogens is 1. The Balaban J connectivity index is 1.99. The van der Waals surface area contributed by atoms with E-state index in [1.807, 2.05) is 48.6 Å². The van der Waals surface area contributed by atoms with Crippen LogP contribution in [-0.2, 0) is 16.1 Å². The van der Waals surface area contributed by atoms with Crippen molar-refractivity contribution in [1.82, 2.24) is 10.3 Å². The lowest BCUT2D eigenvalue weighted by Crippen LogP contribution is -2.37. The molecule has 40 heavy (non-hydrogen) atoms. The number of amides is 2. The van der Waals surface area contributed by atoms with E-state index in [1.54, 1.807) is 0 Å². The fraction of sp³-hybridized carbons (Fsp3) is 0.355. The smallest absolute Gasteiger partial charge is 0.420 e. The number of rotatable bonds is 14. The normalized spacial score (nSPS) is 11.4. The van der Waals surface area contributed by atoms with Crippen molar-refractivity contribution in [2.45, 2.75) is 60.0 Å². The van der Waals surface area contributed by atoms with Crippen LogP contribution in [-0.4, -0.2) is 36.1 Å². The molecule has 0 aliphatic carbocycles. The van der Waals surface area contributed by atoms with Crippen molar-refractivity contribution < 1.29 is 28.6 Å². The molecule has 0 radical (unpaired) electrons. The topological polar surface area (TPSA) is 130 Å². The van der Waals surface area contributed by atoms with Crippen LogP contribution in [0.5, 0.6) is 11.6 Å². The summed E-state index contributed by atoms with van der Waals surface area (Å²) in [4.78, 5) is 40.1. The summed E-state index contributed by atoms with van der Waals surface area (Å²) in [5, 5.41) is 1.96. The molecular formula is C31H39N3O6. The van der Waals surface area contributed by atoms with E-state index in [0.29, 0.717) is 0 Å². The molecule has 0 aliphatic heterocycles. The zero-order chi connectivity index (χ0) is 29.3. The monoisotopic (exact) mass is 549 g/mol. The number of nitrogens with two attached hydrogens (primary N) is 1. The molecule has 0 saturated carbocycles. The van der Waals surface area contributed by atoms with Crippen molar-refractivity contribution in [2.24, 2.45) is 5.73 Å². The van der Waals surface area contributed by atoms with Crippen LogP contribution in [0.2, 0.25) is 0 Å².